The Morgan fingerprint density at radius 2 is 1.62 bits per heavy atom. The van der Waals surface area contributed by atoms with Crippen LogP contribution in [0.15, 0.2) is 72.8 Å². The fraction of sp³-hybridized carbons (Fsp3) is 0.405. The third-order valence-electron chi connectivity index (χ3n) is 7.90. The summed E-state index contributed by atoms with van der Waals surface area (Å²) in [6.07, 6.45) is 5.44. The Balaban J connectivity index is 1.42. The van der Waals surface area contributed by atoms with E-state index in [1.807, 2.05) is 6.07 Å². The van der Waals surface area contributed by atoms with Gasteiger partial charge in [0, 0.05) is 30.0 Å². The van der Waals surface area contributed by atoms with Crippen LogP contribution < -0.4 is 25.2 Å². The number of para-hydroxylation sites is 2. The lowest BCUT2D eigenvalue weighted by Crippen LogP contribution is -2.44. The van der Waals surface area contributed by atoms with Gasteiger partial charge in [-0.05, 0) is 87.6 Å². The van der Waals surface area contributed by atoms with Gasteiger partial charge in [0.15, 0.2) is 6.61 Å². The second kappa shape index (κ2) is 17.0. The molecule has 4 amide bonds. The fourth-order valence-electron chi connectivity index (χ4n) is 5.56. The van der Waals surface area contributed by atoms with Gasteiger partial charge < -0.3 is 29.9 Å². The maximum atomic E-state index is 13.8. The molecule has 0 spiro atoms. The Morgan fingerprint density at radius 1 is 0.896 bits per heavy atom. The zero-order chi connectivity index (χ0) is 34.7. The van der Waals surface area contributed by atoms with Crippen LogP contribution in [0.5, 0.6) is 5.75 Å². The number of rotatable bonds is 12. The first-order valence-corrected chi connectivity index (χ1v) is 16.7. The van der Waals surface area contributed by atoms with Crippen LogP contribution >= 0.6 is 11.6 Å². The van der Waals surface area contributed by atoms with Gasteiger partial charge in [0.25, 0.3) is 5.91 Å². The van der Waals surface area contributed by atoms with Gasteiger partial charge in [0.05, 0.1) is 18.7 Å². The second-order valence-corrected chi connectivity index (χ2v) is 13.4. The molecule has 4 rings (SSSR count). The van der Waals surface area contributed by atoms with Gasteiger partial charge in [-0.25, -0.2) is 4.79 Å². The van der Waals surface area contributed by atoms with Crippen molar-refractivity contribution in [3.63, 3.8) is 0 Å². The molecular weight excluding hydrogens is 632 g/mol. The molecule has 0 heterocycles. The van der Waals surface area contributed by atoms with E-state index >= 15 is 0 Å². The molecular formula is C37H45ClN4O6. The Labute approximate surface area is 287 Å². The molecule has 0 aromatic heterocycles. The molecule has 0 bridgehead atoms. The summed E-state index contributed by atoms with van der Waals surface area (Å²) in [4.78, 5) is 55.0. The maximum Gasteiger partial charge on any atom is 0.319 e. The summed E-state index contributed by atoms with van der Waals surface area (Å²) < 4.78 is 11.4. The van der Waals surface area contributed by atoms with Crippen LogP contribution in [0.25, 0.3) is 0 Å². The summed E-state index contributed by atoms with van der Waals surface area (Å²) in [7, 11) is 1.65. The van der Waals surface area contributed by atoms with Crippen molar-refractivity contribution in [2.45, 2.75) is 64.9 Å². The molecule has 48 heavy (non-hydrogen) atoms. The number of hydrogen-bond acceptors (Lipinski definition) is 6. The first-order valence-electron chi connectivity index (χ1n) is 16.3. The quantitative estimate of drug-likeness (QED) is 0.200. The lowest BCUT2D eigenvalue weighted by atomic mass is 9.89. The van der Waals surface area contributed by atoms with Crippen molar-refractivity contribution in [2.75, 3.05) is 41.9 Å². The molecule has 10 nitrogen and oxygen atoms in total. The minimum Gasteiger partial charge on any atom is -0.482 e. The Morgan fingerprint density at radius 3 is 2.35 bits per heavy atom. The maximum absolute atomic E-state index is 13.8. The highest BCUT2D eigenvalue weighted by Crippen LogP contribution is 2.32. The molecule has 0 radical (unpaired) electrons. The van der Waals surface area contributed by atoms with E-state index in [1.165, 1.54) is 11.3 Å². The van der Waals surface area contributed by atoms with E-state index in [-0.39, 0.29) is 37.4 Å². The number of esters is 1. The van der Waals surface area contributed by atoms with Crippen LogP contribution in [0, 0.1) is 5.92 Å². The van der Waals surface area contributed by atoms with Crippen LogP contribution in [0.3, 0.4) is 0 Å². The Kier molecular flexibility index (Phi) is 12.9. The smallest absolute Gasteiger partial charge is 0.319 e. The topological polar surface area (TPSA) is 117 Å². The van der Waals surface area contributed by atoms with E-state index in [2.05, 4.69) is 10.6 Å². The second-order valence-electron chi connectivity index (χ2n) is 13.0. The van der Waals surface area contributed by atoms with Gasteiger partial charge in [0.2, 0.25) is 5.91 Å². The molecule has 0 saturated heterocycles. The summed E-state index contributed by atoms with van der Waals surface area (Å²) in [6.45, 7) is 5.37. The molecule has 3 aromatic carbocycles. The average Bonchev–Trinajstić information content (AvgIpc) is 3.04. The molecule has 11 heteroatoms. The number of nitrogens with one attached hydrogen (secondary N) is 2. The number of urea groups is 1. The number of hydrogen-bond donors (Lipinski definition) is 2. The van der Waals surface area contributed by atoms with Crippen LogP contribution in [0.2, 0.25) is 5.02 Å². The van der Waals surface area contributed by atoms with Crippen LogP contribution in [-0.4, -0.2) is 56.2 Å². The van der Waals surface area contributed by atoms with Gasteiger partial charge in [-0.1, -0.05) is 61.2 Å². The minimum absolute atomic E-state index is 0.0625. The molecule has 0 atom stereocenters. The van der Waals surface area contributed by atoms with Crippen LogP contribution in [0.4, 0.5) is 21.9 Å². The third kappa shape index (κ3) is 11.3. The number of anilines is 3. The predicted molar refractivity (Wildman–Crippen MR) is 189 cm³/mol. The van der Waals surface area contributed by atoms with Crippen LogP contribution in [0.1, 0.15) is 58.4 Å². The molecule has 1 fully saturated rings. The lowest BCUT2D eigenvalue weighted by molar-refractivity contribution is -0.153. The Hall–Kier alpha value is -4.57. The zero-order valence-electron chi connectivity index (χ0n) is 28.1. The van der Waals surface area contributed by atoms with E-state index < -0.39 is 11.6 Å². The molecule has 3 aromatic rings. The zero-order valence-corrected chi connectivity index (χ0v) is 28.8. The minimum atomic E-state index is -0.595. The van der Waals surface area contributed by atoms with Crippen molar-refractivity contribution in [2.24, 2.45) is 5.92 Å². The standard InChI is InChI=1S/C37H45ClN4O6/c1-37(2,3)48-35(45)21-27-14-10-16-29(20-27)40-36(46)39-23-33(43)42(24-26-12-6-5-7-13-26)31-18-8-9-19-32(31)47-25-34(44)41(4)30-17-11-15-28(38)22-30/h8-11,14-20,22,26H,5-7,12-13,21,23-25H2,1-4H3,(H2,39,40,46). The van der Waals surface area contributed by atoms with Crippen molar-refractivity contribution in [3.8, 4) is 5.75 Å². The van der Waals surface area contributed by atoms with Crippen molar-refractivity contribution in [1.82, 2.24) is 5.32 Å². The van der Waals surface area contributed by atoms with Crippen LogP contribution in [-0.2, 0) is 25.5 Å². The number of carbonyl (C=O) groups is 4. The van der Waals surface area contributed by atoms with E-state index in [9.17, 15) is 19.2 Å². The number of nitrogens with zero attached hydrogens (tertiary/aromatic N) is 2. The SMILES string of the molecule is CN(C(=O)COc1ccccc1N(CC1CCCCC1)C(=O)CNC(=O)Nc1cccc(CC(=O)OC(C)(C)C)c1)c1cccc(Cl)c1. The number of benzene rings is 3. The van der Waals surface area contributed by atoms with E-state index in [0.717, 1.165) is 25.7 Å². The fourth-order valence-corrected chi connectivity index (χ4v) is 5.74. The predicted octanol–water partition coefficient (Wildman–Crippen LogP) is 7.00. The molecule has 256 valence electrons. The van der Waals surface area contributed by atoms with Crippen molar-refractivity contribution < 1.29 is 28.7 Å². The largest absolute Gasteiger partial charge is 0.482 e. The molecule has 1 aliphatic carbocycles. The lowest BCUT2D eigenvalue weighted by Gasteiger charge is -2.31. The molecule has 2 N–H and O–H groups in total. The Bertz CT molecular complexity index is 1580. The number of ether oxygens (including phenoxy) is 2. The first-order chi connectivity index (χ1) is 22.9. The average molecular weight is 677 g/mol. The van der Waals surface area contributed by atoms with Gasteiger partial charge >= 0.3 is 12.0 Å². The number of carbonyl (C=O) groups excluding carboxylic acids is 4. The highest BCUT2D eigenvalue weighted by Gasteiger charge is 2.26. The van der Waals surface area contributed by atoms with Crippen molar-refractivity contribution >= 4 is 52.5 Å². The van der Waals surface area contributed by atoms with Crippen molar-refractivity contribution in [3.05, 3.63) is 83.4 Å². The summed E-state index contributed by atoms with van der Waals surface area (Å²) in [5.41, 5.74) is 1.74. The van der Waals surface area contributed by atoms with E-state index in [4.69, 9.17) is 21.1 Å². The number of likely N-dealkylation sites (N-methyl/N-ethyl adjacent to an activating group) is 1. The van der Waals surface area contributed by atoms with Gasteiger partial charge in [0.1, 0.15) is 11.4 Å². The van der Waals surface area contributed by atoms with Crippen molar-refractivity contribution in [1.29, 1.82) is 0 Å². The molecule has 0 aliphatic heterocycles. The normalized spacial score (nSPS) is 13.3. The highest BCUT2D eigenvalue weighted by molar-refractivity contribution is 6.30. The van der Waals surface area contributed by atoms with Gasteiger partial charge in [-0.3, -0.25) is 14.4 Å². The monoisotopic (exact) mass is 676 g/mol. The third-order valence-corrected chi connectivity index (χ3v) is 8.13. The summed E-state index contributed by atoms with van der Waals surface area (Å²) in [5.74, 6) is -0.276. The van der Waals surface area contributed by atoms with E-state index in [0.29, 0.717) is 45.9 Å². The first kappa shape index (κ1) is 36.3. The highest BCUT2D eigenvalue weighted by atomic mass is 35.5. The van der Waals surface area contributed by atoms with Gasteiger partial charge in [-0.15, -0.1) is 0 Å². The van der Waals surface area contributed by atoms with E-state index in [1.54, 1.807) is 99.4 Å². The summed E-state index contributed by atoms with van der Waals surface area (Å²) >= 11 is 6.11. The summed E-state index contributed by atoms with van der Waals surface area (Å²) in [6, 6.07) is 20.5. The molecule has 0 unspecified atom stereocenters. The molecule has 1 aliphatic rings. The number of halogens is 1. The summed E-state index contributed by atoms with van der Waals surface area (Å²) in [5, 5.41) is 5.93. The van der Waals surface area contributed by atoms with Gasteiger partial charge in [-0.2, -0.15) is 0 Å². The molecule has 1 saturated carbocycles. The number of amides is 4.